The molecule has 1 aliphatic rings. The first-order chi connectivity index (χ1) is 14.3. The van der Waals surface area contributed by atoms with Crippen molar-refractivity contribution in [3.63, 3.8) is 0 Å². The molecule has 9 heteroatoms. The van der Waals surface area contributed by atoms with Crippen LogP contribution in [0.15, 0.2) is 41.2 Å². The second kappa shape index (κ2) is 8.22. The molecule has 2 N–H and O–H groups in total. The lowest BCUT2D eigenvalue weighted by molar-refractivity contribution is 0.102. The van der Waals surface area contributed by atoms with Crippen LogP contribution in [-0.2, 0) is 7.05 Å². The number of anilines is 2. The zero-order valence-corrected chi connectivity index (χ0v) is 18.3. The minimum absolute atomic E-state index is 0.201. The summed E-state index contributed by atoms with van der Waals surface area (Å²) in [6, 6.07) is 10.4. The normalized spacial score (nSPS) is 14.8. The van der Waals surface area contributed by atoms with E-state index in [1.807, 2.05) is 12.1 Å². The molecule has 4 rings (SSSR count). The second-order valence-electron chi connectivity index (χ2n) is 7.46. The average molecular weight is 444 g/mol. The van der Waals surface area contributed by atoms with Gasteiger partial charge in [-0.15, -0.1) is 0 Å². The van der Waals surface area contributed by atoms with Crippen LogP contribution in [0.3, 0.4) is 0 Å². The number of fused-ring (bicyclic) bond motifs is 1. The zero-order valence-electron chi connectivity index (χ0n) is 16.7. The fraction of sp³-hybridized carbons (Fsp3) is 0.286. The van der Waals surface area contributed by atoms with E-state index < -0.39 is 0 Å². The Bertz CT molecular complexity index is 1240. The van der Waals surface area contributed by atoms with Gasteiger partial charge in [0.1, 0.15) is 0 Å². The van der Waals surface area contributed by atoms with Crippen molar-refractivity contribution in [3.8, 4) is 0 Å². The van der Waals surface area contributed by atoms with Crippen molar-refractivity contribution in [2.45, 2.75) is 0 Å². The lowest BCUT2D eigenvalue weighted by atomic mass is 10.1. The number of aromatic nitrogens is 2. The quantitative estimate of drug-likeness (QED) is 0.608. The highest BCUT2D eigenvalue weighted by Crippen LogP contribution is 2.30. The van der Waals surface area contributed by atoms with Gasteiger partial charge in [-0.2, -0.15) is 0 Å². The topological polar surface area (TPSA) is 73.4 Å². The molecule has 2 heterocycles. The number of rotatable bonds is 3. The van der Waals surface area contributed by atoms with Gasteiger partial charge in [-0.3, -0.25) is 14.2 Å². The van der Waals surface area contributed by atoms with E-state index in [0.717, 1.165) is 31.9 Å². The van der Waals surface area contributed by atoms with E-state index in [1.165, 1.54) is 4.57 Å². The number of amides is 1. The number of H-pyrrole nitrogens is 1. The Labute approximate surface area is 183 Å². The highest BCUT2D eigenvalue weighted by molar-refractivity contribution is 7.71. The summed E-state index contributed by atoms with van der Waals surface area (Å²) in [5.74, 6) is -0.283. The first kappa shape index (κ1) is 20.6. The van der Waals surface area contributed by atoms with Crippen LogP contribution >= 0.6 is 23.8 Å². The molecule has 156 valence electrons. The number of hydrogen-bond acceptors (Lipinski definition) is 5. The van der Waals surface area contributed by atoms with Gasteiger partial charge >= 0.3 is 0 Å². The molecule has 1 amide bonds. The maximum absolute atomic E-state index is 13.0. The molecule has 0 aliphatic carbocycles. The van der Waals surface area contributed by atoms with Crippen LogP contribution in [-0.4, -0.2) is 53.6 Å². The van der Waals surface area contributed by atoms with Gasteiger partial charge in [0.25, 0.3) is 11.5 Å². The molecule has 1 aliphatic heterocycles. The minimum Gasteiger partial charge on any atom is -0.367 e. The van der Waals surface area contributed by atoms with E-state index in [4.69, 9.17) is 23.8 Å². The molecule has 0 saturated carbocycles. The molecular formula is C21H22ClN5O2S. The number of hydrogen-bond donors (Lipinski definition) is 2. The van der Waals surface area contributed by atoms with Crippen LogP contribution in [0.25, 0.3) is 10.9 Å². The predicted molar refractivity (Wildman–Crippen MR) is 123 cm³/mol. The van der Waals surface area contributed by atoms with E-state index in [0.29, 0.717) is 31.9 Å². The SMILES string of the molecule is CN1CCN(c2ccc(Cl)cc2NC(=O)c2ccc3c(=O)n(C)c(=S)[nH]c3c2)CC1. The molecule has 30 heavy (non-hydrogen) atoms. The van der Waals surface area contributed by atoms with Gasteiger partial charge in [0.05, 0.1) is 22.3 Å². The van der Waals surface area contributed by atoms with Crippen molar-refractivity contribution in [1.29, 1.82) is 0 Å². The molecule has 0 bridgehead atoms. The molecular weight excluding hydrogens is 422 g/mol. The van der Waals surface area contributed by atoms with Crippen molar-refractivity contribution in [2.24, 2.45) is 7.05 Å². The zero-order chi connectivity index (χ0) is 21.4. The Morgan fingerprint density at radius 3 is 2.57 bits per heavy atom. The van der Waals surface area contributed by atoms with E-state index >= 15 is 0 Å². The molecule has 0 unspecified atom stereocenters. The molecule has 1 aromatic heterocycles. The third-order valence-electron chi connectivity index (χ3n) is 5.41. The van der Waals surface area contributed by atoms with Crippen molar-refractivity contribution in [3.05, 3.63) is 62.1 Å². The number of likely N-dealkylation sites (N-methyl/N-ethyl adjacent to an activating group) is 1. The maximum Gasteiger partial charge on any atom is 0.261 e. The molecule has 2 aromatic carbocycles. The van der Waals surface area contributed by atoms with Crippen molar-refractivity contribution >= 4 is 52.0 Å². The smallest absolute Gasteiger partial charge is 0.261 e. The summed E-state index contributed by atoms with van der Waals surface area (Å²) < 4.78 is 1.67. The predicted octanol–water partition coefficient (Wildman–Crippen LogP) is 3.25. The summed E-state index contributed by atoms with van der Waals surface area (Å²) in [6.07, 6.45) is 0. The molecule has 1 fully saturated rings. The third-order valence-corrected chi connectivity index (χ3v) is 6.02. The number of carbonyl (C=O) groups excluding carboxylic acids is 1. The molecule has 7 nitrogen and oxygen atoms in total. The highest BCUT2D eigenvalue weighted by atomic mass is 35.5. The Balaban J connectivity index is 1.66. The van der Waals surface area contributed by atoms with Gasteiger partial charge in [-0.05, 0) is 55.7 Å². The highest BCUT2D eigenvalue weighted by Gasteiger charge is 2.19. The van der Waals surface area contributed by atoms with Gasteiger partial charge in [-0.1, -0.05) is 11.6 Å². The standard InChI is InChI=1S/C21H22ClN5O2S/c1-25-7-9-27(10-8-25)18-6-4-14(22)12-17(18)23-19(28)13-3-5-15-16(11-13)24-21(30)26(2)20(15)29/h3-6,11-12H,7-10H2,1-2H3,(H,23,28)(H,24,30). The van der Waals surface area contributed by atoms with Crippen LogP contribution in [0.5, 0.6) is 0 Å². The summed E-state index contributed by atoms with van der Waals surface area (Å²) in [5.41, 5.74) is 2.35. The molecule has 3 aromatic rings. The first-order valence-electron chi connectivity index (χ1n) is 9.61. The number of halogens is 1. The Morgan fingerprint density at radius 1 is 1.10 bits per heavy atom. The summed E-state index contributed by atoms with van der Waals surface area (Å²) in [6.45, 7) is 3.65. The molecule has 0 spiro atoms. The average Bonchev–Trinajstić information content (AvgIpc) is 2.73. The summed E-state index contributed by atoms with van der Waals surface area (Å²) in [7, 11) is 3.71. The van der Waals surface area contributed by atoms with Gasteiger partial charge in [0.15, 0.2) is 4.77 Å². The number of benzene rings is 2. The Hall–Kier alpha value is -2.68. The van der Waals surface area contributed by atoms with Crippen molar-refractivity contribution in [2.75, 3.05) is 43.4 Å². The summed E-state index contributed by atoms with van der Waals surface area (Å²) in [4.78, 5) is 32.9. The number of piperazine rings is 1. The van der Waals surface area contributed by atoms with E-state index in [1.54, 1.807) is 31.3 Å². The first-order valence-corrected chi connectivity index (χ1v) is 10.4. The van der Waals surface area contributed by atoms with Crippen LogP contribution in [0.4, 0.5) is 11.4 Å². The van der Waals surface area contributed by atoms with Crippen LogP contribution in [0.1, 0.15) is 10.4 Å². The number of aromatic amines is 1. The Kier molecular flexibility index (Phi) is 5.64. The van der Waals surface area contributed by atoms with Gasteiger partial charge in [0, 0.05) is 43.8 Å². The largest absolute Gasteiger partial charge is 0.367 e. The third kappa shape index (κ3) is 3.98. The van der Waals surface area contributed by atoms with Crippen LogP contribution < -0.4 is 15.8 Å². The van der Waals surface area contributed by atoms with Crippen LogP contribution in [0, 0.1) is 4.77 Å². The molecule has 1 saturated heterocycles. The van der Waals surface area contributed by atoms with Gasteiger partial charge in [0.2, 0.25) is 0 Å². The Morgan fingerprint density at radius 2 is 1.83 bits per heavy atom. The number of carbonyl (C=O) groups is 1. The van der Waals surface area contributed by atoms with Gasteiger partial charge in [-0.25, -0.2) is 0 Å². The lowest BCUT2D eigenvalue weighted by Gasteiger charge is -2.35. The van der Waals surface area contributed by atoms with E-state index in [2.05, 4.69) is 27.1 Å². The van der Waals surface area contributed by atoms with Gasteiger partial charge < -0.3 is 20.1 Å². The second-order valence-corrected chi connectivity index (χ2v) is 8.28. The number of nitrogens with one attached hydrogen (secondary N) is 2. The maximum atomic E-state index is 13.0. The van der Waals surface area contributed by atoms with Crippen LogP contribution in [0.2, 0.25) is 5.02 Å². The minimum atomic E-state index is -0.283. The number of nitrogens with zero attached hydrogens (tertiary/aromatic N) is 3. The molecule has 0 radical (unpaired) electrons. The monoisotopic (exact) mass is 443 g/mol. The fourth-order valence-electron chi connectivity index (χ4n) is 3.57. The molecule has 0 atom stereocenters. The van der Waals surface area contributed by atoms with Crippen molar-refractivity contribution in [1.82, 2.24) is 14.5 Å². The summed E-state index contributed by atoms with van der Waals surface area (Å²) in [5, 5.41) is 4.01. The van der Waals surface area contributed by atoms with E-state index in [9.17, 15) is 9.59 Å². The fourth-order valence-corrected chi connectivity index (χ4v) is 3.94. The lowest BCUT2D eigenvalue weighted by Crippen LogP contribution is -2.44. The van der Waals surface area contributed by atoms with Crippen molar-refractivity contribution < 1.29 is 4.79 Å². The summed E-state index contributed by atoms with van der Waals surface area (Å²) >= 11 is 11.4. The van der Waals surface area contributed by atoms with E-state index in [-0.39, 0.29) is 11.5 Å².